The summed E-state index contributed by atoms with van der Waals surface area (Å²) in [4.78, 5) is 25.4. The van der Waals surface area contributed by atoms with E-state index < -0.39 is 22.5 Å². The van der Waals surface area contributed by atoms with Gasteiger partial charge in [-0.15, -0.1) is 0 Å². The van der Waals surface area contributed by atoms with Crippen molar-refractivity contribution in [1.82, 2.24) is 0 Å². The Bertz CT molecular complexity index is 1050. The van der Waals surface area contributed by atoms with Crippen molar-refractivity contribution in [3.63, 3.8) is 0 Å². The van der Waals surface area contributed by atoms with Gasteiger partial charge in [0.2, 0.25) is 5.78 Å². The second kappa shape index (κ2) is 6.10. The predicted octanol–water partition coefficient (Wildman–Crippen LogP) is 5.32. The number of rotatable bonds is 2. The minimum absolute atomic E-state index is 0.00532. The Kier molecular flexibility index (Phi) is 4.00. The molecule has 0 spiro atoms. The largest absolute Gasteiger partial charge is 0.313 e. The van der Waals surface area contributed by atoms with Gasteiger partial charge in [0.15, 0.2) is 5.13 Å². The Balaban J connectivity index is 1.95. The molecule has 0 bridgehead atoms. The van der Waals surface area contributed by atoms with Gasteiger partial charge in [0.1, 0.15) is 5.00 Å². The van der Waals surface area contributed by atoms with Gasteiger partial charge in [0, 0.05) is 15.6 Å². The van der Waals surface area contributed by atoms with E-state index in [-0.39, 0.29) is 21.7 Å². The topological polar surface area (TPSA) is 46.2 Å². The normalized spacial score (nSPS) is 19.2. The van der Waals surface area contributed by atoms with Gasteiger partial charge in [0.25, 0.3) is 11.6 Å². The summed E-state index contributed by atoms with van der Waals surface area (Å²) in [6.45, 7) is 0. The van der Waals surface area contributed by atoms with Gasteiger partial charge < -0.3 is 5.32 Å². The molecule has 0 saturated heterocycles. The summed E-state index contributed by atoms with van der Waals surface area (Å²) < 4.78 is 31.0. The Hall–Kier alpha value is -2.38. The average Bonchev–Trinajstić information content (AvgIpc) is 2.96. The van der Waals surface area contributed by atoms with Gasteiger partial charge in [-0.3, -0.25) is 9.59 Å². The average molecular weight is 434 g/mol. The standard InChI is InChI=1S/C19H10BrF2NO2S/c20-12-8-4-5-10(9-12)13-14-15(24)19(22,11-6-2-1-3-7-11)18(25)23-17(14)26-16(13)21/h1-9H,(H,23,25). The fourth-order valence-corrected chi connectivity index (χ4v) is 4.35. The molecule has 0 aliphatic carbocycles. The molecule has 4 rings (SSSR count). The number of anilines is 1. The lowest BCUT2D eigenvalue weighted by molar-refractivity contribution is -0.125. The molecule has 1 atom stereocenters. The molecule has 1 aliphatic rings. The molecule has 1 aromatic heterocycles. The van der Waals surface area contributed by atoms with E-state index in [1.165, 1.54) is 24.3 Å². The van der Waals surface area contributed by atoms with Crippen molar-refractivity contribution < 1.29 is 18.4 Å². The summed E-state index contributed by atoms with van der Waals surface area (Å²) in [6.07, 6.45) is 0. The van der Waals surface area contributed by atoms with Crippen molar-refractivity contribution in [3.8, 4) is 11.1 Å². The molecule has 1 aliphatic heterocycles. The summed E-state index contributed by atoms with van der Waals surface area (Å²) >= 11 is 3.92. The van der Waals surface area contributed by atoms with Gasteiger partial charge in [-0.1, -0.05) is 69.7 Å². The number of hydrogen-bond acceptors (Lipinski definition) is 3. The summed E-state index contributed by atoms with van der Waals surface area (Å²) in [7, 11) is 0. The second-order valence-electron chi connectivity index (χ2n) is 5.77. The van der Waals surface area contributed by atoms with Gasteiger partial charge in [-0.2, -0.15) is 4.39 Å². The van der Waals surface area contributed by atoms with E-state index in [4.69, 9.17) is 0 Å². The van der Waals surface area contributed by atoms with Gasteiger partial charge in [-0.25, -0.2) is 4.39 Å². The van der Waals surface area contributed by atoms with Crippen LogP contribution >= 0.6 is 27.3 Å². The van der Waals surface area contributed by atoms with Crippen LogP contribution in [-0.4, -0.2) is 11.7 Å². The fraction of sp³-hybridized carbons (Fsp3) is 0.0526. The van der Waals surface area contributed by atoms with Gasteiger partial charge >= 0.3 is 0 Å². The number of thiophene rings is 1. The van der Waals surface area contributed by atoms with E-state index in [1.807, 2.05) is 0 Å². The number of fused-ring (bicyclic) bond motifs is 1. The number of alkyl halides is 1. The van der Waals surface area contributed by atoms with E-state index in [0.29, 0.717) is 21.4 Å². The van der Waals surface area contributed by atoms with Crippen LogP contribution in [0.25, 0.3) is 11.1 Å². The summed E-state index contributed by atoms with van der Waals surface area (Å²) in [5, 5.41) is 1.73. The molecule has 7 heteroatoms. The minimum Gasteiger partial charge on any atom is -0.313 e. The van der Waals surface area contributed by atoms with Crippen LogP contribution in [0, 0.1) is 5.13 Å². The van der Waals surface area contributed by atoms with Crippen LogP contribution in [0.2, 0.25) is 0 Å². The van der Waals surface area contributed by atoms with Crippen molar-refractivity contribution in [3.05, 3.63) is 75.3 Å². The molecule has 2 aromatic carbocycles. The van der Waals surface area contributed by atoms with Crippen LogP contribution in [0.5, 0.6) is 0 Å². The lowest BCUT2D eigenvalue weighted by atomic mass is 9.83. The number of carbonyl (C=O) groups excluding carboxylic acids is 2. The highest BCUT2D eigenvalue weighted by Gasteiger charge is 2.54. The third-order valence-electron chi connectivity index (χ3n) is 4.23. The molecule has 3 nitrogen and oxygen atoms in total. The lowest BCUT2D eigenvalue weighted by Gasteiger charge is -2.28. The number of amides is 1. The maximum Gasteiger partial charge on any atom is 0.275 e. The van der Waals surface area contributed by atoms with E-state index in [2.05, 4.69) is 21.2 Å². The third kappa shape index (κ3) is 2.42. The van der Waals surface area contributed by atoms with Crippen LogP contribution in [0.1, 0.15) is 15.9 Å². The number of nitrogens with one attached hydrogen (secondary N) is 1. The maximum atomic E-state index is 15.7. The van der Waals surface area contributed by atoms with E-state index in [1.54, 1.807) is 30.3 Å². The minimum atomic E-state index is -2.90. The first-order valence-corrected chi connectivity index (χ1v) is 9.22. The number of Topliss-reactive ketones (excluding diaryl/α,β-unsaturated/α-hetero) is 1. The van der Waals surface area contributed by atoms with Crippen molar-refractivity contribution in [1.29, 1.82) is 0 Å². The summed E-state index contributed by atoms with van der Waals surface area (Å²) in [6, 6.07) is 14.2. The molecule has 0 saturated carbocycles. The molecule has 2 heterocycles. The Morgan fingerprint density at radius 1 is 1.00 bits per heavy atom. The van der Waals surface area contributed by atoms with Gasteiger partial charge in [-0.05, 0) is 17.7 Å². The maximum absolute atomic E-state index is 15.7. The van der Waals surface area contributed by atoms with Crippen LogP contribution in [0.15, 0.2) is 59.1 Å². The van der Waals surface area contributed by atoms with Crippen molar-refractivity contribution in [2.24, 2.45) is 0 Å². The van der Waals surface area contributed by atoms with Crippen LogP contribution in [0.3, 0.4) is 0 Å². The highest BCUT2D eigenvalue weighted by molar-refractivity contribution is 9.10. The first kappa shape index (κ1) is 17.1. The Morgan fingerprint density at radius 2 is 1.73 bits per heavy atom. The number of ketones is 1. The summed E-state index contributed by atoms with van der Waals surface area (Å²) in [5.74, 6) is -2.17. The fourth-order valence-electron chi connectivity index (χ4n) is 3.00. The molecule has 130 valence electrons. The Labute approximate surface area is 159 Å². The zero-order valence-corrected chi connectivity index (χ0v) is 15.5. The molecular formula is C19H10BrF2NO2S. The molecule has 0 radical (unpaired) electrons. The zero-order valence-electron chi connectivity index (χ0n) is 13.1. The monoisotopic (exact) mass is 433 g/mol. The molecule has 26 heavy (non-hydrogen) atoms. The molecule has 1 N–H and O–H groups in total. The first-order valence-electron chi connectivity index (χ1n) is 7.62. The Morgan fingerprint density at radius 3 is 2.42 bits per heavy atom. The van der Waals surface area contributed by atoms with Crippen LogP contribution in [0.4, 0.5) is 13.8 Å². The molecule has 1 amide bonds. The molecular weight excluding hydrogens is 424 g/mol. The first-order chi connectivity index (χ1) is 12.4. The predicted molar refractivity (Wildman–Crippen MR) is 99.6 cm³/mol. The van der Waals surface area contributed by atoms with Crippen molar-refractivity contribution >= 4 is 44.0 Å². The van der Waals surface area contributed by atoms with Crippen LogP contribution in [-0.2, 0) is 10.5 Å². The summed E-state index contributed by atoms with van der Waals surface area (Å²) in [5.41, 5.74) is -2.71. The molecule has 3 aromatic rings. The SMILES string of the molecule is O=C1Nc2sc(F)c(-c3cccc(Br)c3)c2C(=O)C1(F)c1ccccc1. The van der Waals surface area contributed by atoms with Crippen molar-refractivity contribution in [2.75, 3.05) is 5.32 Å². The highest BCUT2D eigenvalue weighted by atomic mass is 79.9. The number of hydrogen-bond donors (Lipinski definition) is 1. The number of halogens is 3. The highest BCUT2D eigenvalue weighted by Crippen LogP contribution is 2.47. The molecule has 1 unspecified atom stereocenters. The van der Waals surface area contributed by atoms with Crippen LogP contribution < -0.4 is 5.32 Å². The lowest BCUT2D eigenvalue weighted by Crippen LogP contribution is -2.47. The van der Waals surface area contributed by atoms with E-state index in [0.717, 1.165) is 0 Å². The number of carbonyl (C=O) groups is 2. The van der Waals surface area contributed by atoms with Gasteiger partial charge in [0.05, 0.1) is 5.56 Å². The third-order valence-corrected chi connectivity index (χ3v) is 5.62. The smallest absolute Gasteiger partial charge is 0.275 e. The van der Waals surface area contributed by atoms with Crippen molar-refractivity contribution in [2.45, 2.75) is 5.67 Å². The molecule has 0 fully saturated rings. The van der Waals surface area contributed by atoms with E-state index in [9.17, 15) is 14.0 Å². The van der Waals surface area contributed by atoms with E-state index >= 15 is 4.39 Å². The zero-order chi connectivity index (χ0) is 18.5. The number of benzene rings is 2. The second-order valence-corrected chi connectivity index (χ2v) is 7.66. The quantitative estimate of drug-likeness (QED) is 0.556.